The number of rotatable bonds is 6. The first-order valence-corrected chi connectivity index (χ1v) is 8.53. The zero-order chi connectivity index (χ0) is 20.8. The fourth-order valence-corrected chi connectivity index (χ4v) is 1.77. The summed E-state index contributed by atoms with van der Waals surface area (Å²) >= 11 is 9.11. The molecule has 0 aromatic heterocycles. The van der Waals surface area contributed by atoms with Crippen LogP contribution in [0, 0.1) is 0 Å². The number of nitrogens with one attached hydrogen (secondary N) is 2. The van der Waals surface area contributed by atoms with Crippen LogP contribution in [0.3, 0.4) is 0 Å². The van der Waals surface area contributed by atoms with E-state index in [0.717, 1.165) is 23.7 Å². The first-order valence-electron chi connectivity index (χ1n) is 7.72. The molecular formula is C18H18N6O2S2. The molecule has 8 nitrogen and oxygen atoms in total. The van der Waals surface area contributed by atoms with Crippen LogP contribution in [0.1, 0.15) is 31.8 Å². The number of hydrazone groups is 2. The summed E-state index contributed by atoms with van der Waals surface area (Å²) in [5.74, 6) is 0. The quantitative estimate of drug-likeness (QED) is 0.241. The highest BCUT2D eigenvalue weighted by Gasteiger charge is 1.90. The van der Waals surface area contributed by atoms with E-state index in [1.807, 2.05) is 0 Å². The van der Waals surface area contributed by atoms with Gasteiger partial charge in [-0.2, -0.15) is 10.2 Å². The van der Waals surface area contributed by atoms with Crippen molar-refractivity contribution in [3.63, 3.8) is 0 Å². The Bertz CT molecular complexity index is 791. The molecule has 0 spiro atoms. The fourth-order valence-electron chi connectivity index (χ4n) is 1.66. The lowest BCUT2D eigenvalue weighted by molar-refractivity contribution is 0.111. The van der Waals surface area contributed by atoms with Gasteiger partial charge in [0, 0.05) is 11.1 Å². The summed E-state index contributed by atoms with van der Waals surface area (Å²) in [4.78, 5) is 20.7. The smallest absolute Gasteiger partial charge is 0.184 e. The largest absolute Gasteiger partial charge is 0.375 e. The maximum absolute atomic E-state index is 10.3. The second-order valence-corrected chi connectivity index (χ2v) is 5.92. The molecule has 0 unspecified atom stereocenters. The Balaban J connectivity index is 0.000000280. The Labute approximate surface area is 172 Å². The average molecular weight is 415 g/mol. The average Bonchev–Trinajstić information content (AvgIpc) is 2.69. The fraction of sp³-hybridized carbons (Fsp3) is 0. The third-order valence-electron chi connectivity index (χ3n) is 2.92. The normalized spacial score (nSPS) is 10.0. The van der Waals surface area contributed by atoms with Gasteiger partial charge in [-0.15, -0.1) is 0 Å². The maximum atomic E-state index is 10.3. The van der Waals surface area contributed by atoms with E-state index in [1.165, 1.54) is 0 Å². The highest BCUT2D eigenvalue weighted by molar-refractivity contribution is 7.80. The third kappa shape index (κ3) is 9.85. The van der Waals surface area contributed by atoms with E-state index in [4.69, 9.17) is 11.5 Å². The van der Waals surface area contributed by atoms with Gasteiger partial charge in [0.1, 0.15) is 12.6 Å². The van der Waals surface area contributed by atoms with Crippen molar-refractivity contribution in [3.05, 3.63) is 70.8 Å². The second kappa shape index (κ2) is 12.8. The van der Waals surface area contributed by atoms with Gasteiger partial charge < -0.3 is 11.5 Å². The lowest BCUT2D eigenvalue weighted by Gasteiger charge is -1.95. The number of nitrogens with zero attached hydrogens (tertiary/aromatic N) is 2. The van der Waals surface area contributed by atoms with Crippen molar-refractivity contribution in [2.24, 2.45) is 21.7 Å². The predicted molar refractivity (Wildman–Crippen MR) is 119 cm³/mol. The molecule has 2 rings (SSSR count). The molecule has 0 bridgehead atoms. The molecule has 0 saturated heterocycles. The van der Waals surface area contributed by atoms with E-state index in [0.29, 0.717) is 11.1 Å². The lowest BCUT2D eigenvalue weighted by atomic mass is 10.2. The van der Waals surface area contributed by atoms with Crippen LogP contribution in [0.5, 0.6) is 0 Å². The molecule has 0 aliphatic rings. The van der Waals surface area contributed by atoms with Crippen LogP contribution in [0.25, 0.3) is 0 Å². The van der Waals surface area contributed by atoms with Gasteiger partial charge in [0.05, 0.1) is 12.4 Å². The van der Waals surface area contributed by atoms with Crippen LogP contribution < -0.4 is 22.3 Å². The van der Waals surface area contributed by atoms with Crippen LogP contribution in [0.4, 0.5) is 0 Å². The number of benzene rings is 2. The van der Waals surface area contributed by atoms with Crippen LogP contribution in [-0.4, -0.2) is 35.2 Å². The molecule has 0 heterocycles. The molecule has 6 N–H and O–H groups in total. The number of hydrogen-bond acceptors (Lipinski definition) is 6. The summed E-state index contributed by atoms with van der Waals surface area (Å²) in [5, 5.41) is 7.77. The SMILES string of the molecule is NC(=S)N/N=C/c1ccc(C=O)cc1.NC(=S)N/N=C/c1ccc(C=O)cc1. The third-order valence-corrected chi connectivity index (χ3v) is 3.10. The van der Waals surface area contributed by atoms with Crippen molar-refractivity contribution >= 4 is 59.7 Å². The summed E-state index contributed by atoms with van der Waals surface area (Å²) in [6.07, 6.45) is 4.70. The minimum Gasteiger partial charge on any atom is -0.375 e. The Hall–Kier alpha value is -3.50. The number of aldehydes is 2. The topological polar surface area (TPSA) is 135 Å². The molecular weight excluding hydrogens is 396 g/mol. The second-order valence-electron chi connectivity index (χ2n) is 5.04. The zero-order valence-electron chi connectivity index (χ0n) is 14.6. The standard InChI is InChI=1S/2C9H9N3OS/c2*10-9(14)12-11-5-7-1-3-8(6-13)4-2-7/h2*1-6H,(H3,10,12,14)/b2*11-5+. The van der Waals surface area contributed by atoms with Crippen molar-refractivity contribution in [2.75, 3.05) is 0 Å². The maximum Gasteiger partial charge on any atom is 0.184 e. The number of thiocarbonyl (C=S) groups is 2. The van der Waals surface area contributed by atoms with Gasteiger partial charge in [0.15, 0.2) is 10.2 Å². The molecule has 10 heteroatoms. The van der Waals surface area contributed by atoms with Crippen molar-refractivity contribution in [3.8, 4) is 0 Å². The molecule has 0 aliphatic heterocycles. The van der Waals surface area contributed by atoms with Gasteiger partial charge in [0.2, 0.25) is 0 Å². The number of nitrogens with two attached hydrogens (primary N) is 2. The Morgan fingerprint density at radius 2 is 0.964 bits per heavy atom. The monoisotopic (exact) mass is 414 g/mol. The Kier molecular flexibility index (Phi) is 10.3. The van der Waals surface area contributed by atoms with Crippen molar-refractivity contribution in [1.82, 2.24) is 10.9 Å². The Morgan fingerprint density at radius 3 is 1.21 bits per heavy atom. The van der Waals surface area contributed by atoms with Gasteiger partial charge in [-0.25, -0.2) is 0 Å². The van der Waals surface area contributed by atoms with Crippen molar-refractivity contribution in [1.29, 1.82) is 0 Å². The first kappa shape index (κ1) is 22.5. The van der Waals surface area contributed by atoms with E-state index in [-0.39, 0.29) is 10.2 Å². The molecule has 2 aromatic rings. The molecule has 144 valence electrons. The first-order chi connectivity index (χ1) is 13.4. The summed E-state index contributed by atoms with van der Waals surface area (Å²) in [6.45, 7) is 0. The molecule has 0 aliphatic carbocycles. The summed E-state index contributed by atoms with van der Waals surface area (Å²) in [6, 6.07) is 13.9. The van der Waals surface area contributed by atoms with Crippen LogP contribution in [0.2, 0.25) is 0 Å². The summed E-state index contributed by atoms with van der Waals surface area (Å²) in [5.41, 5.74) is 18.2. The van der Waals surface area contributed by atoms with Gasteiger partial charge in [0.25, 0.3) is 0 Å². The van der Waals surface area contributed by atoms with Crippen LogP contribution in [-0.2, 0) is 0 Å². The number of carbonyl (C=O) groups is 2. The van der Waals surface area contributed by atoms with Gasteiger partial charge in [-0.3, -0.25) is 20.4 Å². The molecule has 0 saturated carbocycles. The van der Waals surface area contributed by atoms with E-state index in [9.17, 15) is 9.59 Å². The molecule has 0 amide bonds. The minimum atomic E-state index is 0.116. The Morgan fingerprint density at radius 1 is 0.679 bits per heavy atom. The van der Waals surface area contributed by atoms with E-state index in [2.05, 4.69) is 45.5 Å². The van der Waals surface area contributed by atoms with Crippen molar-refractivity contribution < 1.29 is 9.59 Å². The molecule has 2 aromatic carbocycles. The van der Waals surface area contributed by atoms with Crippen molar-refractivity contribution in [2.45, 2.75) is 0 Å². The summed E-state index contributed by atoms with van der Waals surface area (Å²) < 4.78 is 0. The molecule has 0 radical (unpaired) electrons. The minimum absolute atomic E-state index is 0.116. The molecule has 0 fully saturated rings. The van der Waals surface area contributed by atoms with Crippen LogP contribution in [0.15, 0.2) is 58.7 Å². The van der Waals surface area contributed by atoms with E-state index < -0.39 is 0 Å². The number of carbonyl (C=O) groups excluding carboxylic acids is 2. The van der Waals surface area contributed by atoms with Gasteiger partial charge in [-0.1, -0.05) is 48.5 Å². The molecule has 28 heavy (non-hydrogen) atoms. The highest BCUT2D eigenvalue weighted by Crippen LogP contribution is 2.00. The lowest BCUT2D eigenvalue weighted by Crippen LogP contribution is -2.23. The molecule has 0 atom stereocenters. The highest BCUT2D eigenvalue weighted by atomic mass is 32.1. The van der Waals surface area contributed by atoms with E-state index in [1.54, 1.807) is 61.0 Å². The van der Waals surface area contributed by atoms with Gasteiger partial charge >= 0.3 is 0 Å². The van der Waals surface area contributed by atoms with Crippen LogP contribution >= 0.6 is 24.4 Å². The zero-order valence-corrected chi connectivity index (χ0v) is 16.2. The van der Waals surface area contributed by atoms with Gasteiger partial charge in [-0.05, 0) is 35.6 Å². The summed E-state index contributed by atoms with van der Waals surface area (Å²) in [7, 11) is 0. The van der Waals surface area contributed by atoms with E-state index >= 15 is 0 Å². The number of hydrogen-bond donors (Lipinski definition) is 4. The predicted octanol–water partition coefficient (Wildman–Crippen LogP) is 1.33.